The average molecular weight is 220 g/mol. The highest BCUT2D eigenvalue weighted by Gasteiger charge is 2.10. The first-order valence-corrected chi connectivity index (χ1v) is 5.13. The number of hydrogen-bond acceptors (Lipinski definition) is 4. The first-order chi connectivity index (χ1) is 7.72. The highest BCUT2D eigenvalue weighted by atomic mass is 16.5. The molecule has 0 spiro atoms. The van der Waals surface area contributed by atoms with Gasteiger partial charge in [0.2, 0.25) is 0 Å². The van der Waals surface area contributed by atoms with Gasteiger partial charge in [0.25, 0.3) is 0 Å². The molecule has 16 heavy (non-hydrogen) atoms. The van der Waals surface area contributed by atoms with Gasteiger partial charge in [0.1, 0.15) is 0 Å². The summed E-state index contributed by atoms with van der Waals surface area (Å²) in [7, 11) is 1.41. The van der Waals surface area contributed by atoms with Crippen molar-refractivity contribution >= 4 is 5.97 Å². The zero-order valence-corrected chi connectivity index (χ0v) is 9.86. The smallest absolute Gasteiger partial charge is 0.338 e. The summed E-state index contributed by atoms with van der Waals surface area (Å²) in [5, 5.41) is 12.0. The van der Waals surface area contributed by atoms with Gasteiger partial charge >= 0.3 is 5.97 Å². The molecule has 1 rings (SSSR count). The standard InChI is InChI=1S/C12H16O2.N2/c1-4-9-6-7-11(12(13)14-3)10(5-2)8-9;1-2/h6-8H,4-5H2,1-3H3;. The van der Waals surface area contributed by atoms with Gasteiger partial charge in [-0.3, -0.25) is 0 Å². The molecule has 0 N–H and O–H groups in total. The molecule has 0 aromatic heterocycles. The number of nitrogens with zero attached hydrogens (tertiary/aromatic N) is 2. The van der Waals surface area contributed by atoms with Crippen LogP contribution in [0.4, 0.5) is 0 Å². The van der Waals surface area contributed by atoms with Crippen LogP contribution in [0, 0.1) is 10.8 Å². The van der Waals surface area contributed by atoms with Crippen LogP contribution in [0.2, 0.25) is 0 Å². The van der Waals surface area contributed by atoms with Crippen LogP contribution < -0.4 is 0 Å². The van der Waals surface area contributed by atoms with Gasteiger partial charge in [0, 0.05) is 10.8 Å². The minimum Gasteiger partial charge on any atom is -0.465 e. The Balaban J connectivity index is 0.00000106. The molecule has 0 aliphatic carbocycles. The van der Waals surface area contributed by atoms with E-state index >= 15 is 0 Å². The number of aryl methyl sites for hydroxylation is 2. The maximum absolute atomic E-state index is 11.4. The molecule has 0 heterocycles. The summed E-state index contributed by atoms with van der Waals surface area (Å²) in [5.41, 5.74) is 3.01. The molecule has 0 saturated heterocycles. The van der Waals surface area contributed by atoms with E-state index in [1.165, 1.54) is 12.7 Å². The maximum Gasteiger partial charge on any atom is 0.338 e. The van der Waals surface area contributed by atoms with Crippen LogP contribution in [0.3, 0.4) is 0 Å². The number of carbonyl (C=O) groups is 1. The van der Waals surface area contributed by atoms with E-state index in [1.807, 2.05) is 19.1 Å². The normalized spacial score (nSPS) is 8.81. The molecule has 0 saturated carbocycles. The van der Waals surface area contributed by atoms with E-state index in [9.17, 15) is 4.79 Å². The molecule has 0 amide bonds. The lowest BCUT2D eigenvalue weighted by Crippen LogP contribution is -2.05. The van der Waals surface area contributed by atoms with Gasteiger partial charge < -0.3 is 4.74 Å². The number of benzene rings is 1. The molecule has 4 heteroatoms. The second kappa shape index (κ2) is 7.41. The van der Waals surface area contributed by atoms with Crippen LogP contribution >= 0.6 is 0 Å². The first kappa shape index (κ1) is 14.1. The molecule has 0 fully saturated rings. The van der Waals surface area contributed by atoms with E-state index in [-0.39, 0.29) is 5.97 Å². The minimum absolute atomic E-state index is 0.246. The summed E-state index contributed by atoms with van der Waals surface area (Å²) in [6.45, 7) is 4.15. The third-order valence-electron chi connectivity index (χ3n) is 2.36. The number of carbonyl (C=O) groups excluding carboxylic acids is 1. The molecule has 4 nitrogen and oxygen atoms in total. The molecule has 0 atom stereocenters. The van der Waals surface area contributed by atoms with Gasteiger partial charge in [0.05, 0.1) is 12.7 Å². The van der Waals surface area contributed by atoms with E-state index in [2.05, 4.69) is 13.0 Å². The van der Waals surface area contributed by atoms with Gasteiger partial charge in [-0.15, -0.1) is 0 Å². The quantitative estimate of drug-likeness (QED) is 0.579. The third kappa shape index (κ3) is 3.35. The van der Waals surface area contributed by atoms with Crippen molar-refractivity contribution in [2.75, 3.05) is 7.11 Å². The molecule has 86 valence electrons. The molecule has 0 bridgehead atoms. The average Bonchev–Trinajstić information content (AvgIpc) is 2.39. The summed E-state index contributed by atoms with van der Waals surface area (Å²) in [6.07, 6.45) is 1.85. The minimum atomic E-state index is -0.246. The fourth-order valence-electron chi connectivity index (χ4n) is 1.47. The van der Waals surface area contributed by atoms with E-state index in [0.717, 1.165) is 18.4 Å². The Bertz CT molecular complexity index is 373. The van der Waals surface area contributed by atoms with Gasteiger partial charge in [-0.25, -0.2) is 4.79 Å². The van der Waals surface area contributed by atoms with Crippen LogP contribution in [0.25, 0.3) is 0 Å². The molecule has 0 aliphatic rings. The number of methoxy groups -OCH3 is 1. The fourth-order valence-corrected chi connectivity index (χ4v) is 1.47. The maximum atomic E-state index is 11.4. The van der Waals surface area contributed by atoms with E-state index in [1.54, 1.807) is 0 Å². The van der Waals surface area contributed by atoms with Crippen molar-refractivity contribution in [3.63, 3.8) is 0 Å². The number of ether oxygens (including phenoxy) is 1. The van der Waals surface area contributed by atoms with Gasteiger partial charge in [0.15, 0.2) is 0 Å². The highest BCUT2D eigenvalue weighted by molar-refractivity contribution is 5.91. The van der Waals surface area contributed by atoms with Crippen LogP contribution in [0.15, 0.2) is 18.2 Å². The van der Waals surface area contributed by atoms with Crippen LogP contribution in [-0.2, 0) is 17.6 Å². The summed E-state index contributed by atoms with van der Waals surface area (Å²) in [4.78, 5) is 11.4. The van der Waals surface area contributed by atoms with E-state index in [4.69, 9.17) is 15.5 Å². The van der Waals surface area contributed by atoms with Crippen molar-refractivity contribution in [3.05, 3.63) is 34.9 Å². The van der Waals surface area contributed by atoms with Crippen molar-refractivity contribution in [2.24, 2.45) is 0 Å². The number of hydrogen-bond donors (Lipinski definition) is 0. The summed E-state index contributed by atoms with van der Waals surface area (Å²) < 4.78 is 4.71. The largest absolute Gasteiger partial charge is 0.465 e. The summed E-state index contributed by atoms with van der Waals surface area (Å²) >= 11 is 0. The molecule has 0 aliphatic heterocycles. The predicted octanol–water partition coefficient (Wildman–Crippen LogP) is 2.63. The van der Waals surface area contributed by atoms with Crippen molar-refractivity contribution in [3.8, 4) is 0 Å². The van der Waals surface area contributed by atoms with Crippen molar-refractivity contribution < 1.29 is 9.53 Å². The Labute approximate surface area is 95.7 Å². The number of esters is 1. The summed E-state index contributed by atoms with van der Waals surface area (Å²) in [6, 6.07) is 5.90. The second-order valence-corrected chi connectivity index (χ2v) is 3.19. The Morgan fingerprint density at radius 3 is 2.31 bits per heavy atom. The zero-order chi connectivity index (χ0) is 12.6. The summed E-state index contributed by atoms with van der Waals surface area (Å²) in [5.74, 6) is -0.246. The molecule has 1 aromatic rings. The second-order valence-electron chi connectivity index (χ2n) is 3.19. The topological polar surface area (TPSA) is 73.9 Å². The van der Waals surface area contributed by atoms with Crippen molar-refractivity contribution in [1.82, 2.24) is 0 Å². The molecule has 0 unspecified atom stereocenters. The lowest BCUT2D eigenvalue weighted by molar-refractivity contribution is 0.0599. The van der Waals surface area contributed by atoms with Gasteiger partial charge in [-0.1, -0.05) is 26.0 Å². The first-order valence-electron chi connectivity index (χ1n) is 5.13. The van der Waals surface area contributed by atoms with E-state index < -0.39 is 0 Å². The molecular formula is C12H16N2O2. The van der Waals surface area contributed by atoms with E-state index in [0.29, 0.717) is 5.56 Å². The zero-order valence-electron chi connectivity index (χ0n) is 9.86. The van der Waals surface area contributed by atoms with Crippen molar-refractivity contribution in [2.45, 2.75) is 26.7 Å². The Hall–Kier alpha value is -1.89. The lowest BCUT2D eigenvalue weighted by atomic mass is 10.0. The van der Waals surface area contributed by atoms with Crippen LogP contribution in [0.5, 0.6) is 0 Å². The Kier molecular flexibility index (Phi) is 6.53. The lowest BCUT2D eigenvalue weighted by Gasteiger charge is -2.07. The van der Waals surface area contributed by atoms with Crippen LogP contribution in [-0.4, -0.2) is 13.1 Å². The Morgan fingerprint density at radius 2 is 1.88 bits per heavy atom. The monoisotopic (exact) mass is 220 g/mol. The predicted molar refractivity (Wildman–Crippen MR) is 60.0 cm³/mol. The highest BCUT2D eigenvalue weighted by Crippen LogP contribution is 2.14. The fraction of sp³-hybridized carbons (Fsp3) is 0.417. The van der Waals surface area contributed by atoms with Gasteiger partial charge in [-0.2, -0.15) is 0 Å². The molecular weight excluding hydrogens is 204 g/mol. The number of rotatable bonds is 3. The molecule has 0 radical (unpaired) electrons. The van der Waals surface area contributed by atoms with Crippen LogP contribution in [0.1, 0.15) is 35.3 Å². The molecule has 1 aromatic carbocycles. The Morgan fingerprint density at radius 1 is 1.25 bits per heavy atom. The van der Waals surface area contributed by atoms with Gasteiger partial charge in [-0.05, 0) is 30.0 Å². The SMILES string of the molecule is CCc1ccc(C(=O)OC)c(CC)c1.N#N. The van der Waals surface area contributed by atoms with Crippen molar-refractivity contribution in [1.29, 1.82) is 10.8 Å². The third-order valence-corrected chi connectivity index (χ3v) is 2.36.